The molecule has 1 atom stereocenters. The van der Waals surface area contributed by atoms with Gasteiger partial charge >= 0.3 is 5.97 Å². The summed E-state index contributed by atoms with van der Waals surface area (Å²) in [6, 6.07) is 14.8. The Morgan fingerprint density at radius 3 is 2.93 bits per heavy atom. The lowest BCUT2D eigenvalue weighted by atomic mass is 9.89. The van der Waals surface area contributed by atoms with Crippen molar-refractivity contribution in [3.63, 3.8) is 0 Å². The lowest BCUT2D eigenvalue weighted by Crippen LogP contribution is -2.48. The number of thiazole rings is 1. The van der Waals surface area contributed by atoms with Gasteiger partial charge in [0, 0.05) is 28.9 Å². The van der Waals surface area contributed by atoms with Crippen LogP contribution in [-0.4, -0.2) is 22.5 Å². The van der Waals surface area contributed by atoms with Crippen LogP contribution in [0.25, 0.3) is 0 Å². The van der Waals surface area contributed by atoms with Gasteiger partial charge in [0.25, 0.3) is 5.91 Å². The van der Waals surface area contributed by atoms with E-state index in [4.69, 9.17) is 16.3 Å². The maximum absolute atomic E-state index is 12.8. The van der Waals surface area contributed by atoms with Gasteiger partial charge in [0.05, 0.1) is 5.56 Å². The Balaban J connectivity index is 1.47. The number of carbonyl (C=O) groups is 2. The van der Waals surface area contributed by atoms with E-state index in [2.05, 4.69) is 10.3 Å². The molecule has 1 amide bonds. The molecule has 2 aromatic carbocycles. The minimum absolute atomic E-state index is 0.321. The van der Waals surface area contributed by atoms with E-state index < -0.39 is 11.6 Å². The number of rotatable bonds is 4. The number of esters is 1. The minimum atomic E-state index is -1.27. The zero-order chi connectivity index (χ0) is 19.7. The van der Waals surface area contributed by atoms with Crippen LogP contribution in [-0.2, 0) is 22.4 Å². The van der Waals surface area contributed by atoms with Gasteiger partial charge in [-0.3, -0.25) is 10.1 Å². The molecule has 0 fully saturated rings. The van der Waals surface area contributed by atoms with Crippen molar-refractivity contribution < 1.29 is 14.3 Å². The summed E-state index contributed by atoms with van der Waals surface area (Å²) >= 11 is 7.41. The molecule has 142 valence electrons. The van der Waals surface area contributed by atoms with Gasteiger partial charge in [-0.2, -0.15) is 0 Å². The number of hydrogen-bond acceptors (Lipinski definition) is 5. The van der Waals surface area contributed by atoms with E-state index in [1.54, 1.807) is 25.3 Å². The molecule has 0 aliphatic carbocycles. The summed E-state index contributed by atoms with van der Waals surface area (Å²) in [4.78, 5) is 30.4. The summed E-state index contributed by atoms with van der Waals surface area (Å²) in [6.45, 7) is 1.62. The second kappa shape index (κ2) is 7.37. The number of nitrogens with zero attached hydrogens (tertiary/aromatic N) is 1. The highest BCUT2D eigenvalue weighted by molar-refractivity contribution is 7.15. The molecule has 4 rings (SSSR count). The Hall–Kier alpha value is -2.70. The van der Waals surface area contributed by atoms with Gasteiger partial charge in [0.15, 0.2) is 10.7 Å². The first-order valence-electron chi connectivity index (χ1n) is 8.75. The molecule has 0 radical (unpaired) electrons. The molecule has 1 unspecified atom stereocenters. The lowest BCUT2D eigenvalue weighted by molar-refractivity contribution is -0.134. The number of ether oxygens (including phenoxy) is 1. The first-order chi connectivity index (χ1) is 13.4. The van der Waals surface area contributed by atoms with Crippen molar-refractivity contribution in [3.05, 3.63) is 81.3 Å². The SMILES string of the molecule is CC1(C(=O)Nc2ncc(Cc3cccc(Cl)c3)s2)Cc2ccccc2C(=O)O1. The van der Waals surface area contributed by atoms with Crippen molar-refractivity contribution in [2.45, 2.75) is 25.4 Å². The summed E-state index contributed by atoms with van der Waals surface area (Å²) in [5.41, 5.74) is 1.10. The number of nitrogens with one attached hydrogen (secondary N) is 1. The van der Waals surface area contributed by atoms with Crippen molar-refractivity contribution in [2.24, 2.45) is 0 Å². The predicted molar refractivity (Wildman–Crippen MR) is 109 cm³/mol. The first-order valence-corrected chi connectivity index (χ1v) is 9.94. The number of hydrogen-bond donors (Lipinski definition) is 1. The zero-order valence-electron chi connectivity index (χ0n) is 15.1. The number of cyclic esters (lactones) is 1. The molecule has 1 aliphatic heterocycles. The average molecular weight is 413 g/mol. The molecule has 0 spiro atoms. The fourth-order valence-corrected chi connectivity index (χ4v) is 4.24. The number of fused-ring (bicyclic) bond motifs is 1. The van der Waals surface area contributed by atoms with Gasteiger partial charge in [0.2, 0.25) is 0 Å². The van der Waals surface area contributed by atoms with Crippen LogP contribution in [0.4, 0.5) is 5.13 Å². The molecule has 3 aromatic rings. The molecule has 1 aliphatic rings. The molecule has 28 heavy (non-hydrogen) atoms. The van der Waals surface area contributed by atoms with Crippen molar-refractivity contribution in [1.29, 1.82) is 0 Å². The fraction of sp³-hybridized carbons (Fsp3) is 0.190. The molecular formula is C21H17ClN2O3S. The highest BCUT2D eigenvalue weighted by atomic mass is 35.5. The molecule has 7 heteroatoms. The van der Waals surface area contributed by atoms with Crippen LogP contribution < -0.4 is 5.32 Å². The van der Waals surface area contributed by atoms with Crippen LogP contribution in [0.15, 0.2) is 54.7 Å². The number of anilines is 1. The maximum atomic E-state index is 12.8. The second-order valence-corrected chi connectivity index (χ2v) is 8.40. The van der Waals surface area contributed by atoms with Crippen LogP contribution in [0.2, 0.25) is 5.02 Å². The van der Waals surface area contributed by atoms with Crippen LogP contribution in [0.5, 0.6) is 0 Å². The summed E-state index contributed by atoms with van der Waals surface area (Å²) in [6.07, 6.45) is 2.72. The van der Waals surface area contributed by atoms with Crippen molar-refractivity contribution in [2.75, 3.05) is 5.32 Å². The van der Waals surface area contributed by atoms with Gasteiger partial charge in [-0.1, -0.05) is 41.9 Å². The number of aromatic nitrogens is 1. The average Bonchev–Trinajstić information content (AvgIpc) is 3.08. The van der Waals surface area contributed by atoms with Crippen molar-refractivity contribution in [3.8, 4) is 0 Å². The van der Waals surface area contributed by atoms with Gasteiger partial charge in [-0.05, 0) is 36.2 Å². The number of benzene rings is 2. The van der Waals surface area contributed by atoms with Crippen LogP contribution in [0.1, 0.15) is 33.3 Å². The monoisotopic (exact) mass is 412 g/mol. The van der Waals surface area contributed by atoms with Crippen LogP contribution in [0.3, 0.4) is 0 Å². The third-order valence-electron chi connectivity index (χ3n) is 4.60. The van der Waals surface area contributed by atoms with Gasteiger partial charge in [0.1, 0.15) is 0 Å². The highest BCUT2D eigenvalue weighted by Crippen LogP contribution is 2.30. The van der Waals surface area contributed by atoms with Crippen molar-refractivity contribution >= 4 is 39.9 Å². The van der Waals surface area contributed by atoms with Gasteiger partial charge in [-0.15, -0.1) is 11.3 Å². The Bertz CT molecular complexity index is 1070. The van der Waals surface area contributed by atoms with E-state index in [1.807, 2.05) is 36.4 Å². The van der Waals surface area contributed by atoms with E-state index in [-0.39, 0.29) is 5.91 Å². The van der Waals surface area contributed by atoms with E-state index in [9.17, 15) is 9.59 Å². The normalized spacial score (nSPS) is 18.3. The summed E-state index contributed by atoms with van der Waals surface area (Å²) in [7, 11) is 0. The number of carbonyl (C=O) groups excluding carboxylic acids is 2. The Morgan fingerprint density at radius 2 is 2.11 bits per heavy atom. The van der Waals surface area contributed by atoms with Crippen molar-refractivity contribution in [1.82, 2.24) is 4.98 Å². The molecule has 5 nitrogen and oxygen atoms in total. The van der Waals surface area contributed by atoms with Crippen LogP contribution >= 0.6 is 22.9 Å². The predicted octanol–water partition coefficient (Wildman–Crippen LogP) is 4.50. The molecule has 0 saturated heterocycles. The van der Waals surface area contributed by atoms with E-state index in [0.29, 0.717) is 28.6 Å². The molecule has 0 saturated carbocycles. The van der Waals surface area contributed by atoms with Gasteiger partial charge in [-0.25, -0.2) is 9.78 Å². The number of halogens is 1. The first kappa shape index (κ1) is 18.7. The summed E-state index contributed by atoms with van der Waals surface area (Å²) in [5, 5.41) is 3.94. The summed E-state index contributed by atoms with van der Waals surface area (Å²) < 4.78 is 5.46. The molecular weight excluding hydrogens is 396 g/mol. The van der Waals surface area contributed by atoms with Crippen LogP contribution in [0, 0.1) is 0 Å². The van der Waals surface area contributed by atoms with Gasteiger partial charge < -0.3 is 4.74 Å². The maximum Gasteiger partial charge on any atom is 0.339 e. The van der Waals surface area contributed by atoms with E-state index in [0.717, 1.165) is 16.0 Å². The topological polar surface area (TPSA) is 68.3 Å². The minimum Gasteiger partial charge on any atom is -0.445 e. The fourth-order valence-electron chi connectivity index (χ4n) is 3.18. The Labute approximate surface area is 171 Å². The second-order valence-electron chi connectivity index (χ2n) is 6.85. The molecule has 1 N–H and O–H groups in total. The Kier molecular flexibility index (Phi) is 4.91. The lowest BCUT2D eigenvalue weighted by Gasteiger charge is -2.32. The zero-order valence-corrected chi connectivity index (χ0v) is 16.6. The quantitative estimate of drug-likeness (QED) is 0.641. The molecule has 0 bridgehead atoms. The molecule has 1 aromatic heterocycles. The standard InChI is InChI=1S/C21H17ClN2O3S/c1-21(11-14-6-2-3-8-17(14)18(25)27-21)19(26)24-20-23-12-16(28-20)10-13-5-4-7-15(22)9-13/h2-9,12H,10-11H2,1H3,(H,23,24,26). The summed E-state index contributed by atoms with van der Waals surface area (Å²) in [5.74, 6) is -0.876. The Morgan fingerprint density at radius 1 is 1.29 bits per heavy atom. The van der Waals surface area contributed by atoms with E-state index in [1.165, 1.54) is 11.3 Å². The molecule has 2 heterocycles. The largest absolute Gasteiger partial charge is 0.445 e. The smallest absolute Gasteiger partial charge is 0.339 e. The third-order valence-corrected chi connectivity index (χ3v) is 5.75. The number of amides is 1. The third kappa shape index (κ3) is 3.79. The van der Waals surface area contributed by atoms with E-state index >= 15 is 0 Å². The highest BCUT2D eigenvalue weighted by Gasteiger charge is 2.42.